The van der Waals surface area contributed by atoms with E-state index in [-0.39, 0.29) is 34.3 Å². The zero-order chi connectivity index (χ0) is 20.1. The third-order valence-corrected chi connectivity index (χ3v) is 4.65. The lowest BCUT2D eigenvalue weighted by Gasteiger charge is -2.08. The van der Waals surface area contributed by atoms with Crippen LogP contribution < -0.4 is 11.1 Å². The van der Waals surface area contributed by atoms with Crippen LogP contribution in [0.25, 0.3) is 0 Å². The third kappa shape index (κ3) is 4.70. The number of aromatic nitrogens is 2. The van der Waals surface area contributed by atoms with Gasteiger partial charge in [-0.3, -0.25) is 14.3 Å². The molecule has 0 spiro atoms. The van der Waals surface area contributed by atoms with Gasteiger partial charge in [-0.2, -0.15) is 5.10 Å². The summed E-state index contributed by atoms with van der Waals surface area (Å²) in [5.41, 5.74) is 5.52. The SMILES string of the molecule is CCCOC(=O)c1c(NC(=O)Cn2ccc(C(=O)O)n2)sc(C(N)=O)c1C. The van der Waals surface area contributed by atoms with Gasteiger partial charge in [0.15, 0.2) is 5.69 Å². The summed E-state index contributed by atoms with van der Waals surface area (Å²) < 4.78 is 6.25. The molecule has 0 aliphatic carbocycles. The number of hydrogen-bond donors (Lipinski definition) is 3. The summed E-state index contributed by atoms with van der Waals surface area (Å²) in [6, 6.07) is 1.25. The van der Waals surface area contributed by atoms with Crippen molar-refractivity contribution in [2.24, 2.45) is 5.73 Å². The number of nitrogens with zero attached hydrogens (tertiary/aromatic N) is 2. The zero-order valence-corrected chi connectivity index (χ0v) is 15.5. The Kier molecular flexibility index (Phi) is 6.29. The second-order valence-corrected chi connectivity index (χ2v) is 6.53. The van der Waals surface area contributed by atoms with Gasteiger partial charge in [0.05, 0.1) is 17.0 Å². The van der Waals surface area contributed by atoms with Gasteiger partial charge >= 0.3 is 11.9 Å². The number of esters is 1. The minimum Gasteiger partial charge on any atom is -0.476 e. The molecule has 0 aliphatic rings. The number of thiophene rings is 1. The quantitative estimate of drug-likeness (QED) is 0.569. The maximum Gasteiger partial charge on any atom is 0.356 e. The summed E-state index contributed by atoms with van der Waals surface area (Å²) in [5.74, 6) is -3.16. The fraction of sp³-hybridized carbons (Fsp3) is 0.312. The van der Waals surface area contributed by atoms with Crippen LogP contribution in [0.5, 0.6) is 0 Å². The summed E-state index contributed by atoms with van der Waals surface area (Å²) in [5, 5.41) is 15.3. The molecule has 0 radical (unpaired) electrons. The van der Waals surface area contributed by atoms with Crippen molar-refractivity contribution in [1.29, 1.82) is 0 Å². The normalized spacial score (nSPS) is 10.4. The lowest BCUT2D eigenvalue weighted by molar-refractivity contribution is -0.116. The van der Waals surface area contributed by atoms with Crippen molar-refractivity contribution in [2.45, 2.75) is 26.8 Å². The standard InChI is InChI=1S/C16H18N4O6S/c1-3-6-26-16(25)11-8(2)12(13(17)22)27-14(11)18-10(21)7-20-5-4-9(19-20)15(23)24/h4-5H,3,6-7H2,1-2H3,(H2,17,22)(H,18,21)(H,23,24). The van der Waals surface area contributed by atoms with E-state index in [0.29, 0.717) is 12.0 Å². The van der Waals surface area contributed by atoms with Gasteiger partial charge in [-0.05, 0) is 25.0 Å². The molecule has 27 heavy (non-hydrogen) atoms. The third-order valence-electron chi connectivity index (χ3n) is 3.43. The number of carbonyl (C=O) groups is 4. The Morgan fingerprint density at radius 3 is 2.63 bits per heavy atom. The van der Waals surface area contributed by atoms with Crippen LogP contribution in [0.15, 0.2) is 12.3 Å². The fourth-order valence-electron chi connectivity index (χ4n) is 2.23. The first-order valence-corrected chi connectivity index (χ1v) is 8.73. The van der Waals surface area contributed by atoms with Gasteiger partial charge in [-0.15, -0.1) is 11.3 Å². The number of anilines is 1. The predicted molar refractivity (Wildman–Crippen MR) is 96.0 cm³/mol. The van der Waals surface area contributed by atoms with Crippen LogP contribution in [0, 0.1) is 6.92 Å². The molecule has 11 heteroatoms. The molecular weight excluding hydrogens is 376 g/mol. The highest BCUT2D eigenvalue weighted by atomic mass is 32.1. The molecule has 2 rings (SSSR count). The summed E-state index contributed by atoms with van der Waals surface area (Å²) in [4.78, 5) is 47.1. The number of hydrogen-bond acceptors (Lipinski definition) is 7. The van der Waals surface area contributed by atoms with Gasteiger partial charge in [0, 0.05) is 6.20 Å². The van der Waals surface area contributed by atoms with E-state index in [2.05, 4.69) is 10.4 Å². The van der Waals surface area contributed by atoms with E-state index in [1.165, 1.54) is 12.3 Å². The number of rotatable bonds is 8. The number of aromatic carboxylic acids is 1. The number of nitrogens with one attached hydrogen (secondary N) is 1. The van der Waals surface area contributed by atoms with Crippen molar-refractivity contribution < 1.29 is 29.0 Å². The summed E-state index contributed by atoms with van der Waals surface area (Å²) in [6.07, 6.45) is 1.96. The van der Waals surface area contributed by atoms with E-state index >= 15 is 0 Å². The van der Waals surface area contributed by atoms with Crippen LogP contribution >= 0.6 is 11.3 Å². The van der Waals surface area contributed by atoms with Crippen molar-refractivity contribution in [2.75, 3.05) is 11.9 Å². The first-order chi connectivity index (χ1) is 12.7. The van der Waals surface area contributed by atoms with E-state index < -0.39 is 23.8 Å². The smallest absolute Gasteiger partial charge is 0.356 e. The maximum atomic E-state index is 12.3. The lowest BCUT2D eigenvalue weighted by Crippen LogP contribution is -2.20. The van der Waals surface area contributed by atoms with Gasteiger partial charge in [0.1, 0.15) is 11.5 Å². The lowest BCUT2D eigenvalue weighted by atomic mass is 10.1. The average Bonchev–Trinajstić information content (AvgIpc) is 3.17. The van der Waals surface area contributed by atoms with Gasteiger partial charge in [-0.25, -0.2) is 9.59 Å². The molecule has 10 nitrogen and oxygen atoms in total. The minimum absolute atomic E-state index is 0.0716. The first kappa shape index (κ1) is 20.1. The molecule has 0 bridgehead atoms. The maximum absolute atomic E-state index is 12.3. The summed E-state index contributed by atoms with van der Waals surface area (Å²) in [6.45, 7) is 3.29. The Morgan fingerprint density at radius 1 is 1.37 bits per heavy atom. The topological polar surface area (TPSA) is 154 Å². The van der Waals surface area contributed by atoms with Crippen LogP contribution in [0.1, 0.15) is 49.4 Å². The molecule has 2 heterocycles. The fourth-order valence-corrected chi connectivity index (χ4v) is 3.29. The Morgan fingerprint density at radius 2 is 2.07 bits per heavy atom. The largest absolute Gasteiger partial charge is 0.476 e. The molecule has 4 N–H and O–H groups in total. The van der Waals surface area contributed by atoms with Crippen LogP contribution in [0.2, 0.25) is 0 Å². The van der Waals surface area contributed by atoms with Crippen LogP contribution in [0.4, 0.5) is 5.00 Å². The number of ether oxygens (including phenoxy) is 1. The summed E-state index contributed by atoms with van der Waals surface area (Å²) >= 11 is 0.874. The average molecular weight is 394 g/mol. The minimum atomic E-state index is -1.21. The highest BCUT2D eigenvalue weighted by Gasteiger charge is 2.26. The van der Waals surface area contributed by atoms with Crippen molar-refractivity contribution in [3.05, 3.63) is 34.0 Å². The predicted octanol–water partition coefficient (Wildman–Crippen LogP) is 1.26. The van der Waals surface area contributed by atoms with Gasteiger partial charge < -0.3 is 20.9 Å². The molecule has 0 unspecified atom stereocenters. The molecule has 0 saturated carbocycles. The number of nitrogens with two attached hydrogens (primary N) is 1. The molecule has 2 aromatic heterocycles. The second kappa shape index (κ2) is 8.45. The van der Waals surface area contributed by atoms with E-state index in [0.717, 1.165) is 16.0 Å². The molecule has 144 valence electrons. The molecule has 2 aromatic rings. The molecule has 0 atom stereocenters. The molecule has 0 aliphatic heterocycles. The number of carboxylic acids is 1. The van der Waals surface area contributed by atoms with Crippen LogP contribution in [-0.4, -0.2) is 45.2 Å². The zero-order valence-electron chi connectivity index (χ0n) is 14.6. The molecule has 2 amide bonds. The van der Waals surface area contributed by atoms with Crippen molar-refractivity contribution in [3.63, 3.8) is 0 Å². The Labute approximate surface area is 157 Å². The van der Waals surface area contributed by atoms with Crippen LogP contribution in [0.3, 0.4) is 0 Å². The highest BCUT2D eigenvalue weighted by Crippen LogP contribution is 2.33. The molecule has 0 saturated heterocycles. The molecule has 0 fully saturated rings. The number of primary amides is 1. The Balaban J connectivity index is 2.23. The van der Waals surface area contributed by atoms with Crippen molar-refractivity contribution in [1.82, 2.24) is 9.78 Å². The van der Waals surface area contributed by atoms with E-state index in [9.17, 15) is 19.2 Å². The second-order valence-electron chi connectivity index (χ2n) is 5.51. The monoisotopic (exact) mass is 394 g/mol. The van der Waals surface area contributed by atoms with Gasteiger partial charge in [0.2, 0.25) is 5.91 Å². The number of amides is 2. The number of carbonyl (C=O) groups excluding carboxylic acids is 3. The van der Waals surface area contributed by atoms with Gasteiger partial charge in [0.25, 0.3) is 5.91 Å². The Hall–Kier alpha value is -3.21. The van der Waals surface area contributed by atoms with Crippen LogP contribution in [-0.2, 0) is 16.1 Å². The Bertz CT molecular complexity index is 901. The van der Waals surface area contributed by atoms with Gasteiger partial charge in [-0.1, -0.05) is 6.92 Å². The first-order valence-electron chi connectivity index (χ1n) is 7.91. The summed E-state index contributed by atoms with van der Waals surface area (Å²) in [7, 11) is 0. The van der Waals surface area contributed by atoms with Crippen molar-refractivity contribution >= 4 is 40.1 Å². The molecular formula is C16H18N4O6S. The van der Waals surface area contributed by atoms with Crippen molar-refractivity contribution in [3.8, 4) is 0 Å². The van der Waals surface area contributed by atoms with E-state index in [1.54, 1.807) is 6.92 Å². The highest BCUT2D eigenvalue weighted by molar-refractivity contribution is 7.18. The van der Waals surface area contributed by atoms with E-state index in [1.807, 2.05) is 6.92 Å². The number of carboxylic acid groups (broad SMARTS) is 1. The molecule has 0 aromatic carbocycles. The van der Waals surface area contributed by atoms with E-state index in [4.69, 9.17) is 15.6 Å².